The fourth-order valence-corrected chi connectivity index (χ4v) is 15.2. The molecule has 0 aliphatic rings. The van der Waals surface area contributed by atoms with Gasteiger partial charge in [-0.15, -0.1) is 0 Å². The molecule has 12 heteroatoms. The summed E-state index contributed by atoms with van der Waals surface area (Å²) < 4.78 is 5.97. The first kappa shape index (κ1) is 91.2. The molecule has 130 heavy (non-hydrogen) atoms. The molecule has 11 nitrogen and oxygen atoms in total. The molecule has 16 aromatic rings. The van der Waals surface area contributed by atoms with Crippen LogP contribution in [0.15, 0.2) is 429 Å². The van der Waals surface area contributed by atoms with Gasteiger partial charge in [-0.05, 0) is 170 Å². The maximum absolute atomic E-state index is 9.60. The predicted molar refractivity (Wildman–Crippen MR) is 528 cm³/mol. The van der Waals surface area contributed by atoms with Gasteiger partial charge in [-0.3, -0.25) is 0 Å². The first-order valence-electron chi connectivity index (χ1n) is 42.0. The van der Waals surface area contributed by atoms with Crippen molar-refractivity contribution in [2.45, 2.75) is 39.5 Å². The molecule has 0 radical (unpaired) electrons. The number of fused-ring (bicyclic) bond motifs is 3. The van der Waals surface area contributed by atoms with E-state index in [0.717, 1.165) is 140 Å². The minimum absolute atomic E-state index is 0.0646. The molecule has 1 atom stereocenters. The van der Waals surface area contributed by atoms with E-state index in [4.69, 9.17) is 49.2 Å². The van der Waals surface area contributed by atoms with Crippen LogP contribution in [0.2, 0.25) is 5.02 Å². The summed E-state index contributed by atoms with van der Waals surface area (Å²) in [6, 6.07) is 141. The number of hydrogen-bond donors (Lipinski definition) is 0. The largest absolute Gasteiger partial charge is 0.493 e. The Kier molecular flexibility index (Phi) is 33.0. The molecule has 0 spiro atoms. The van der Waals surface area contributed by atoms with Gasteiger partial charge in [0.05, 0.1) is 69.8 Å². The average molecular weight is 1690 g/mol. The molecule has 0 fully saturated rings. The zero-order valence-electron chi connectivity index (χ0n) is 71.5. The zero-order valence-corrected chi connectivity index (χ0v) is 72.2. The van der Waals surface area contributed by atoms with E-state index < -0.39 is 0 Å². The van der Waals surface area contributed by atoms with E-state index in [0.29, 0.717) is 38.8 Å². The van der Waals surface area contributed by atoms with Crippen molar-refractivity contribution in [2.24, 2.45) is 5.92 Å². The molecule has 0 N–H and O–H groups in total. The van der Waals surface area contributed by atoms with Gasteiger partial charge in [-0.2, -0.15) is 0 Å². The van der Waals surface area contributed by atoms with Gasteiger partial charge in [0.2, 0.25) is 0 Å². The van der Waals surface area contributed by atoms with Gasteiger partial charge < -0.3 is 4.74 Å². The lowest BCUT2D eigenvalue weighted by Gasteiger charge is -2.16. The van der Waals surface area contributed by atoms with Gasteiger partial charge in [-0.1, -0.05) is 409 Å². The molecule has 0 aromatic heterocycles. The SMILES string of the molecule is [C-]#[N+]/C(C#N)=C(/c1ccc(-c2ccccc2)cc1)c1ccc2ccccc2c1.[C-]#[N+]/C(C#N)=C(/c1ccc(-c2ccccc2)cc1)c1cccc2ccccc12.[C-]#[N+]/C(C#N)=C(\c1ccc(Cl)cc1)c1ccc(-c2ccccc2)cc1.[C-]#[N+]/C(C#N)=C(\c1ccccc1)c1ccc(OCC(CC)CCCC)cc1.[C-]#[N+]/C(C#N)=C(\c1ccccc1)c1ccc2ccccc2c1. The topological polar surface area (TPSA) is 150 Å². The maximum atomic E-state index is 9.60. The van der Waals surface area contributed by atoms with Gasteiger partial charge in [0, 0.05) is 32.9 Å². The third-order valence-electron chi connectivity index (χ3n) is 21.7. The first-order chi connectivity index (χ1) is 63.9. The second-order valence-electron chi connectivity index (χ2n) is 29.7. The monoisotopic (exact) mass is 1690 g/mol. The number of halogens is 1. The van der Waals surface area contributed by atoms with Crippen molar-refractivity contribution >= 4 is 71.8 Å². The van der Waals surface area contributed by atoms with Crippen LogP contribution >= 0.6 is 11.6 Å². The number of allylic oxidation sites excluding steroid dienone is 5. The molecule has 0 amide bonds. The number of rotatable bonds is 20. The van der Waals surface area contributed by atoms with E-state index in [-0.39, 0.29) is 28.5 Å². The number of ether oxygens (including phenoxy) is 1. The average Bonchev–Trinajstić information content (AvgIpc) is 0.779. The summed E-state index contributed by atoms with van der Waals surface area (Å²) in [5.41, 5.74) is 19.1. The molecule has 0 aliphatic carbocycles. The number of unbranched alkanes of at least 4 members (excludes halogenated alkanes) is 1. The highest BCUT2D eigenvalue weighted by Gasteiger charge is 2.20. The predicted octanol–water partition coefficient (Wildman–Crippen LogP) is 31.2. The molecule has 0 heterocycles. The Balaban J connectivity index is 0.000000147. The van der Waals surface area contributed by atoms with Crippen molar-refractivity contribution in [3.8, 4) is 69.5 Å². The summed E-state index contributed by atoms with van der Waals surface area (Å²) in [5.74, 6) is 1.40. The second-order valence-corrected chi connectivity index (χ2v) is 30.1. The molecule has 16 rings (SSSR count). The van der Waals surface area contributed by atoms with E-state index in [1.54, 1.807) is 12.1 Å². The summed E-state index contributed by atoms with van der Waals surface area (Å²) in [7, 11) is 0. The fourth-order valence-electron chi connectivity index (χ4n) is 15.0. The fraction of sp³-hybridized carbons (Fsp3) is 0.0678. The third-order valence-corrected chi connectivity index (χ3v) is 21.9. The van der Waals surface area contributed by atoms with Crippen molar-refractivity contribution in [2.75, 3.05) is 6.61 Å². The maximum Gasteiger partial charge on any atom is 0.270 e. The summed E-state index contributed by atoms with van der Waals surface area (Å²) in [6.45, 7) is 42.1. The Morgan fingerprint density at radius 1 is 0.285 bits per heavy atom. The lowest BCUT2D eigenvalue weighted by Crippen LogP contribution is -2.11. The smallest absolute Gasteiger partial charge is 0.270 e. The molecule has 0 aliphatic heterocycles. The molecule has 0 saturated carbocycles. The molecular weight excluding hydrogens is 1610 g/mol. The summed E-state index contributed by atoms with van der Waals surface area (Å²) in [5, 5.41) is 54.4. The van der Waals surface area contributed by atoms with Gasteiger partial charge in [-0.25, -0.2) is 50.5 Å². The first-order valence-corrected chi connectivity index (χ1v) is 42.4. The Bertz CT molecular complexity index is 7210. The highest BCUT2D eigenvalue weighted by molar-refractivity contribution is 6.30. The van der Waals surface area contributed by atoms with Crippen LogP contribution in [0.1, 0.15) is 95.2 Å². The van der Waals surface area contributed by atoms with Crippen LogP contribution in [0, 0.1) is 95.4 Å². The summed E-state index contributed by atoms with van der Waals surface area (Å²) >= 11 is 5.96. The number of hydrogen-bond acceptors (Lipinski definition) is 6. The van der Waals surface area contributed by atoms with E-state index in [1.165, 1.54) is 19.3 Å². The zero-order chi connectivity index (χ0) is 91.2. The van der Waals surface area contributed by atoms with Crippen molar-refractivity contribution in [3.63, 3.8) is 0 Å². The molecule has 0 bridgehead atoms. The van der Waals surface area contributed by atoms with Crippen LogP contribution in [0.5, 0.6) is 5.75 Å². The van der Waals surface area contributed by atoms with E-state index >= 15 is 0 Å². The van der Waals surface area contributed by atoms with Crippen molar-refractivity contribution in [1.29, 1.82) is 26.3 Å². The third kappa shape index (κ3) is 23.5. The highest BCUT2D eigenvalue weighted by atomic mass is 35.5. The van der Waals surface area contributed by atoms with Gasteiger partial charge in [0.1, 0.15) is 5.75 Å². The molecule has 0 saturated heterocycles. The van der Waals surface area contributed by atoms with Crippen LogP contribution in [0.4, 0.5) is 0 Å². The van der Waals surface area contributed by atoms with Crippen molar-refractivity contribution < 1.29 is 4.74 Å². The Morgan fingerprint density at radius 3 is 0.915 bits per heavy atom. The lowest BCUT2D eigenvalue weighted by atomic mass is 9.91. The normalized spacial score (nSPS) is 11.5. The van der Waals surface area contributed by atoms with Crippen LogP contribution < -0.4 is 4.74 Å². The number of nitriles is 5. The van der Waals surface area contributed by atoms with Crippen LogP contribution in [0.25, 0.3) is 118 Å². The van der Waals surface area contributed by atoms with E-state index in [2.05, 4.69) is 80.5 Å². The van der Waals surface area contributed by atoms with E-state index in [9.17, 15) is 26.3 Å². The standard InChI is InChI=1S/2C26H16N2.C24H26N2O.C22H13ClN2.C20H12N2/c1-28-25(18-27)26(24-13-7-11-21-10-5-6-12-23(21)24)22-16-14-20(15-17-22)19-8-3-2-4-9-19;1-28-25(18-27)26(24-16-13-20-9-5-6-10-23(20)17-24)22-14-11-21(12-15-22)19-7-3-2-4-8-19;1-4-6-10-19(5-2)18-27-22-15-13-21(14-16-22)24(23(17-25)26-3)20-11-8-7-9-12-20;1-25-21(15-24)22(19-11-13-20(23)14-12-19)18-9-7-17(8-10-18)16-5-3-2-4-6-16;1-22-19(14-21)20(16-8-3-2-4-9-16)18-12-11-15-7-5-6-10-17(15)13-18/h2*2-17H;7-9,11-16,19H,4-6,10,18H2,1-2H3;2-14H;2-13H/b2*26-25-;24-23+;22-21-;20-19+. The molecule has 618 valence electrons. The molecular formula is C118H83ClN10O. The quantitative estimate of drug-likeness (QED) is 0.0548. The second kappa shape index (κ2) is 47.0. The lowest BCUT2D eigenvalue weighted by molar-refractivity contribution is 0.233. The van der Waals surface area contributed by atoms with Crippen LogP contribution in [-0.4, -0.2) is 6.61 Å². The Labute approximate surface area is 765 Å². The Morgan fingerprint density at radius 2 is 0.562 bits per heavy atom. The van der Waals surface area contributed by atoms with Gasteiger partial charge in [0.15, 0.2) is 0 Å². The number of nitrogens with zero attached hydrogens (tertiary/aromatic N) is 10. The van der Waals surface area contributed by atoms with Crippen molar-refractivity contribution in [1.82, 2.24) is 0 Å². The summed E-state index contributed by atoms with van der Waals surface area (Å²) in [6.07, 6.45) is 4.76. The van der Waals surface area contributed by atoms with Crippen molar-refractivity contribution in [3.05, 3.63) is 547 Å². The Hall–Kier alpha value is -18.0. The molecule has 1 unspecified atom stereocenters. The molecule has 16 aromatic carbocycles. The number of benzene rings is 16. The minimum atomic E-state index is 0.0646. The van der Waals surface area contributed by atoms with E-state index in [1.807, 2.05) is 376 Å². The highest BCUT2D eigenvalue weighted by Crippen LogP contribution is 2.39. The van der Waals surface area contributed by atoms with Gasteiger partial charge in [0.25, 0.3) is 28.5 Å². The van der Waals surface area contributed by atoms with Crippen LogP contribution in [-0.2, 0) is 0 Å². The summed E-state index contributed by atoms with van der Waals surface area (Å²) in [4.78, 5) is 17.2. The van der Waals surface area contributed by atoms with Crippen LogP contribution in [0.3, 0.4) is 0 Å². The minimum Gasteiger partial charge on any atom is -0.493 e. The van der Waals surface area contributed by atoms with Gasteiger partial charge >= 0.3 is 0 Å².